The number of carbonyl (C=O) groups is 3. The Bertz CT molecular complexity index is 615. The van der Waals surface area contributed by atoms with Gasteiger partial charge in [-0.25, -0.2) is 9.80 Å². The summed E-state index contributed by atoms with van der Waals surface area (Å²) in [5.74, 6) is -0.398. The first-order valence-corrected chi connectivity index (χ1v) is 7.85. The zero-order chi connectivity index (χ0) is 15.9. The predicted octanol–water partition coefficient (Wildman–Crippen LogP) is 0.793. The molecule has 116 valence electrons. The van der Waals surface area contributed by atoms with Crippen molar-refractivity contribution in [1.29, 1.82) is 0 Å². The van der Waals surface area contributed by atoms with Crippen molar-refractivity contribution < 1.29 is 14.4 Å². The molecule has 2 aliphatic rings. The molecule has 22 heavy (non-hydrogen) atoms. The molecule has 1 aromatic rings. The molecule has 2 heterocycles. The van der Waals surface area contributed by atoms with Crippen molar-refractivity contribution in [2.45, 2.75) is 5.37 Å². The molecule has 2 aliphatic heterocycles. The third-order valence-corrected chi connectivity index (χ3v) is 4.77. The molecular weight excluding hydrogens is 304 g/mol. The van der Waals surface area contributed by atoms with Crippen LogP contribution in [0.4, 0.5) is 10.5 Å². The number of nitrogens with one attached hydrogen (secondary N) is 1. The molecule has 7 nitrogen and oxygen atoms in total. The van der Waals surface area contributed by atoms with Gasteiger partial charge in [-0.2, -0.15) is 5.01 Å². The molecule has 1 aromatic carbocycles. The number of carbonyl (C=O) groups excluding carboxylic acids is 3. The van der Waals surface area contributed by atoms with Gasteiger partial charge >= 0.3 is 6.03 Å². The van der Waals surface area contributed by atoms with Crippen LogP contribution in [-0.4, -0.2) is 54.3 Å². The maximum Gasteiger partial charge on any atom is 0.344 e. The summed E-state index contributed by atoms with van der Waals surface area (Å²) in [4.78, 5) is 37.8. The Kier molecular flexibility index (Phi) is 3.69. The fourth-order valence-electron chi connectivity index (χ4n) is 2.44. The van der Waals surface area contributed by atoms with Crippen molar-refractivity contribution in [1.82, 2.24) is 15.3 Å². The van der Waals surface area contributed by atoms with Crippen molar-refractivity contribution in [3.8, 4) is 0 Å². The Balaban J connectivity index is 1.90. The van der Waals surface area contributed by atoms with Crippen LogP contribution in [0.15, 0.2) is 24.3 Å². The SMILES string of the molecule is CN(C)c1ccc(C2SCC(=O)N2N2C(=O)CNC2=O)cc1. The summed E-state index contributed by atoms with van der Waals surface area (Å²) in [6.45, 7) is -0.0699. The Morgan fingerprint density at radius 2 is 1.82 bits per heavy atom. The fraction of sp³-hybridized carbons (Fsp3) is 0.357. The first-order chi connectivity index (χ1) is 10.5. The molecule has 4 amide bonds. The highest BCUT2D eigenvalue weighted by Gasteiger charge is 2.44. The third kappa shape index (κ3) is 2.39. The van der Waals surface area contributed by atoms with Gasteiger partial charge in [0.2, 0.25) is 0 Å². The van der Waals surface area contributed by atoms with Crippen LogP contribution in [-0.2, 0) is 9.59 Å². The van der Waals surface area contributed by atoms with Gasteiger partial charge in [0, 0.05) is 19.8 Å². The first kappa shape index (κ1) is 14.7. The molecule has 1 atom stereocenters. The summed E-state index contributed by atoms with van der Waals surface area (Å²) in [6.07, 6.45) is 0. The molecule has 3 rings (SSSR count). The second-order valence-corrected chi connectivity index (χ2v) is 6.32. The average molecular weight is 320 g/mol. The molecule has 0 aromatic heterocycles. The number of amides is 4. The summed E-state index contributed by atoms with van der Waals surface area (Å²) in [5, 5.41) is 4.26. The molecule has 0 saturated carbocycles. The summed E-state index contributed by atoms with van der Waals surface area (Å²) in [5.41, 5.74) is 1.92. The van der Waals surface area contributed by atoms with E-state index in [1.165, 1.54) is 16.8 Å². The molecule has 0 aliphatic carbocycles. The van der Waals surface area contributed by atoms with Crippen LogP contribution in [0.3, 0.4) is 0 Å². The van der Waals surface area contributed by atoms with E-state index in [-0.39, 0.29) is 23.6 Å². The standard InChI is InChI=1S/C14H16N4O3S/c1-16(2)10-5-3-9(4-6-10)13-17(12(20)8-22-13)18-11(19)7-15-14(18)21/h3-6,13H,7-8H2,1-2H3,(H,15,21). The summed E-state index contributed by atoms with van der Waals surface area (Å²) in [6, 6.07) is 7.18. The van der Waals surface area contributed by atoms with Gasteiger partial charge in [0.1, 0.15) is 11.9 Å². The van der Waals surface area contributed by atoms with E-state index in [0.29, 0.717) is 0 Å². The largest absolute Gasteiger partial charge is 0.378 e. The van der Waals surface area contributed by atoms with Gasteiger partial charge in [-0.3, -0.25) is 9.59 Å². The highest BCUT2D eigenvalue weighted by molar-refractivity contribution is 8.00. The summed E-state index contributed by atoms with van der Waals surface area (Å²) in [7, 11) is 3.89. The van der Waals surface area contributed by atoms with E-state index >= 15 is 0 Å². The van der Waals surface area contributed by atoms with Crippen LogP contribution < -0.4 is 10.2 Å². The van der Waals surface area contributed by atoms with E-state index in [2.05, 4.69) is 5.32 Å². The molecule has 0 radical (unpaired) electrons. The van der Waals surface area contributed by atoms with Crippen LogP contribution in [0.5, 0.6) is 0 Å². The number of thioether (sulfide) groups is 1. The number of hydrogen-bond donors (Lipinski definition) is 1. The highest BCUT2D eigenvalue weighted by atomic mass is 32.2. The van der Waals surface area contributed by atoms with E-state index in [1.807, 2.05) is 43.3 Å². The molecular formula is C14H16N4O3S. The number of benzene rings is 1. The van der Waals surface area contributed by atoms with Gasteiger partial charge in [0.25, 0.3) is 11.8 Å². The van der Waals surface area contributed by atoms with Crippen LogP contribution >= 0.6 is 11.8 Å². The van der Waals surface area contributed by atoms with Crippen molar-refractivity contribution in [2.75, 3.05) is 31.3 Å². The lowest BCUT2D eigenvalue weighted by molar-refractivity contribution is -0.152. The molecule has 0 bridgehead atoms. The minimum atomic E-state index is -0.546. The van der Waals surface area contributed by atoms with Gasteiger partial charge in [0.15, 0.2) is 0 Å². The minimum Gasteiger partial charge on any atom is -0.378 e. The van der Waals surface area contributed by atoms with Crippen LogP contribution in [0, 0.1) is 0 Å². The van der Waals surface area contributed by atoms with E-state index in [4.69, 9.17) is 0 Å². The number of urea groups is 1. The van der Waals surface area contributed by atoms with Crippen molar-refractivity contribution in [2.24, 2.45) is 0 Å². The topological polar surface area (TPSA) is 73.0 Å². The lowest BCUT2D eigenvalue weighted by Gasteiger charge is -2.30. The average Bonchev–Trinajstić information content (AvgIpc) is 3.02. The molecule has 2 saturated heterocycles. The maximum absolute atomic E-state index is 12.1. The lowest BCUT2D eigenvalue weighted by Crippen LogP contribution is -2.48. The maximum atomic E-state index is 12.1. The van der Waals surface area contributed by atoms with Gasteiger partial charge in [0.05, 0.1) is 5.75 Å². The van der Waals surface area contributed by atoms with E-state index in [9.17, 15) is 14.4 Å². The smallest absolute Gasteiger partial charge is 0.344 e. The van der Waals surface area contributed by atoms with Crippen molar-refractivity contribution >= 4 is 35.3 Å². The van der Waals surface area contributed by atoms with E-state index < -0.39 is 11.9 Å². The first-order valence-electron chi connectivity index (χ1n) is 6.80. The molecule has 1 N–H and O–H groups in total. The number of imide groups is 1. The molecule has 0 spiro atoms. The van der Waals surface area contributed by atoms with Gasteiger partial charge in [-0.15, -0.1) is 11.8 Å². The zero-order valence-corrected chi connectivity index (χ0v) is 13.1. The van der Waals surface area contributed by atoms with E-state index in [1.54, 1.807) is 0 Å². The second-order valence-electron chi connectivity index (χ2n) is 5.25. The number of hydrazine groups is 1. The lowest BCUT2D eigenvalue weighted by atomic mass is 10.2. The quantitative estimate of drug-likeness (QED) is 0.834. The molecule has 1 unspecified atom stereocenters. The number of nitrogens with zero attached hydrogens (tertiary/aromatic N) is 3. The van der Waals surface area contributed by atoms with Crippen molar-refractivity contribution in [3.63, 3.8) is 0 Å². The minimum absolute atomic E-state index is 0.0699. The summed E-state index contributed by atoms with van der Waals surface area (Å²) >= 11 is 1.41. The van der Waals surface area contributed by atoms with Gasteiger partial charge < -0.3 is 10.2 Å². The van der Waals surface area contributed by atoms with E-state index in [0.717, 1.165) is 16.3 Å². The highest BCUT2D eigenvalue weighted by Crippen LogP contribution is 2.40. The molecule has 8 heteroatoms. The Hall–Kier alpha value is -2.22. The van der Waals surface area contributed by atoms with Gasteiger partial charge in [-0.1, -0.05) is 12.1 Å². The fourth-order valence-corrected chi connectivity index (χ4v) is 3.58. The Labute approximate surface area is 132 Å². The zero-order valence-electron chi connectivity index (χ0n) is 12.3. The third-order valence-electron chi connectivity index (χ3n) is 3.57. The number of anilines is 1. The van der Waals surface area contributed by atoms with Crippen LogP contribution in [0.25, 0.3) is 0 Å². The Morgan fingerprint density at radius 1 is 1.14 bits per heavy atom. The summed E-state index contributed by atoms with van der Waals surface area (Å²) < 4.78 is 0. The Morgan fingerprint density at radius 3 is 2.36 bits per heavy atom. The number of hydrogen-bond acceptors (Lipinski definition) is 5. The predicted molar refractivity (Wildman–Crippen MR) is 83.1 cm³/mol. The number of rotatable bonds is 3. The van der Waals surface area contributed by atoms with Gasteiger partial charge in [-0.05, 0) is 17.7 Å². The second kappa shape index (κ2) is 5.53. The molecule has 2 fully saturated rings. The monoisotopic (exact) mass is 320 g/mol. The van der Waals surface area contributed by atoms with Crippen LogP contribution in [0.2, 0.25) is 0 Å². The van der Waals surface area contributed by atoms with Crippen LogP contribution in [0.1, 0.15) is 10.9 Å². The van der Waals surface area contributed by atoms with Crippen molar-refractivity contribution in [3.05, 3.63) is 29.8 Å². The normalized spacial score (nSPS) is 21.5.